The lowest BCUT2D eigenvalue weighted by Gasteiger charge is -2.18. The van der Waals surface area contributed by atoms with Gasteiger partial charge in [-0.1, -0.05) is 42.1 Å². The summed E-state index contributed by atoms with van der Waals surface area (Å²) in [5.41, 5.74) is 1.81. The van der Waals surface area contributed by atoms with Crippen molar-refractivity contribution in [2.24, 2.45) is 0 Å². The van der Waals surface area contributed by atoms with E-state index >= 15 is 0 Å². The van der Waals surface area contributed by atoms with Gasteiger partial charge in [-0.05, 0) is 49.0 Å². The summed E-state index contributed by atoms with van der Waals surface area (Å²) in [5.74, 6) is -0.374. The van der Waals surface area contributed by atoms with Gasteiger partial charge in [0, 0.05) is 6.04 Å². The highest BCUT2D eigenvalue weighted by atomic mass is 35.5. The molecule has 21 heavy (non-hydrogen) atoms. The third-order valence-electron chi connectivity index (χ3n) is 3.33. The van der Waals surface area contributed by atoms with E-state index in [0.717, 1.165) is 35.5 Å². The third-order valence-corrected chi connectivity index (χ3v) is 4.64. The van der Waals surface area contributed by atoms with Crippen LogP contribution in [-0.2, 0) is 12.8 Å². The van der Waals surface area contributed by atoms with Crippen LogP contribution >= 0.6 is 23.1 Å². The molecule has 2 aromatic rings. The van der Waals surface area contributed by atoms with Crippen LogP contribution in [0.5, 0.6) is 0 Å². The molecule has 1 heterocycles. The highest BCUT2D eigenvalue weighted by molar-refractivity contribution is 7.05. The maximum Gasteiger partial charge on any atom is 0.142 e. The normalized spacial score (nSPS) is 12.6. The third kappa shape index (κ3) is 3.99. The molecule has 0 bridgehead atoms. The van der Waals surface area contributed by atoms with Crippen LogP contribution in [0.25, 0.3) is 0 Å². The minimum atomic E-state index is -0.374. The molecule has 1 atom stereocenters. The van der Waals surface area contributed by atoms with Crippen molar-refractivity contribution in [3.63, 3.8) is 0 Å². The molecule has 0 spiro atoms. The van der Waals surface area contributed by atoms with Crippen molar-refractivity contribution in [1.82, 2.24) is 14.9 Å². The van der Waals surface area contributed by atoms with Crippen molar-refractivity contribution in [2.75, 3.05) is 6.54 Å². The minimum Gasteiger partial charge on any atom is -0.309 e. The number of halogens is 2. The summed E-state index contributed by atoms with van der Waals surface area (Å²) in [6.07, 6.45) is 2.50. The summed E-state index contributed by atoms with van der Waals surface area (Å²) >= 11 is 7.48. The Bertz CT molecular complexity index is 588. The molecule has 0 fully saturated rings. The van der Waals surface area contributed by atoms with E-state index in [4.69, 9.17) is 11.6 Å². The van der Waals surface area contributed by atoms with Crippen LogP contribution in [0.1, 0.15) is 42.4 Å². The largest absolute Gasteiger partial charge is 0.309 e. The van der Waals surface area contributed by atoms with Crippen molar-refractivity contribution < 1.29 is 4.39 Å². The van der Waals surface area contributed by atoms with Gasteiger partial charge >= 0.3 is 0 Å². The van der Waals surface area contributed by atoms with Crippen molar-refractivity contribution >= 4 is 23.1 Å². The molecule has 0 aliphatic rings. The van der Waals surface area contributed by atoms with Gasteiger partial charge in [-0.2, -0.15) is 0 Å². The lowest BCUT2D eigenvalue weighted by atomic mass is 10.0. The lowest BCUT2D eigenvalue weighted by molar-refractivity contribution is 0.530. The van der Waals surface area contributed by atoms with Crippen LogP contribution in [0, 0.1) is 5.82 Å². The number of nitrogens with zero attached hydrogens (tertiary/aromatic N) is 2. The molecule has 0 aliphatic carbocycles. The Kier molecular flexibility index (Phi) is 6.08. The summed E-state index contributed by atoms with van der Waals surface area (Å²) in [6.45, 7) is 5.07. The fraction of sp³-hybridized carbons (Fsp3) is 0.467. The van der Waals surface area contributed by atoms with Gasteiger partial charge in [-0.3, -0.25) is 0 Å². The molecule has 0 saturated heterocycles. The molecule has 3 nitrogen and oxygen atoms in total. The zero-order chi connectivity index (χ0) is 15.2. The fourth-order valence-electron chi connectivity index (χ4n) is 2.23. The van der Waals surface area contributed by atoms with Crippen LogP contribution in [0.15, 0.2) is 18.2 Å². The van der Waals surface area contributed by atoms with Crippen LogP contribution in [0.4, 0.5) is 4.39 Å². The molecule has 1 aromatic heterocycles. The first-order valence-electron chi connectivity index (χ1n) is 7.14. The summed E-state index contributed by atoms with van der Waals surface area (Å²) in [6, 6.07) is 5.01. The molecule has 0 saturated carbocycles. The molecule has 0 aliphatic heterocycles. The maximum absolute atomic E-state index is 13.6. The maximum atomic E-state index is 13.6. The van der Waals surface area contributed by atoms with Crippen molar-refractivity contribution in [3.8, 4) is 0 Å². The topological polar surface area (TPSA) is 37.8 Å². The van der Waals surface area contributed by atoms with E-state index in [2.05, 4.69) is 28.8 Å². The Morgan fingerprint density at radius 2 is 2.19 bits per heavy atom. The van der Waals surface area contributed by atoms with Crippen molar-refractivity contribution in [3.05, 3.63) is 45.2 Å². The molecule has 114 valence electrons. The van der Waals surface area contributed by atoms with Crippen LogP contribution < -0.4 is 5.32 Å². The smallest absolute Gasteiger partial charge is 0.142 e. The van der Waals surface area contributed by atoms with Crippen molar-refractivity contribution in [2.45, 2.75) is 39.2 Å². The van der Waals surface area contributed by atoms with Crippen molar-refractivity contribution in [1.29, 1.82) is 0 Å². The molecular weight excluding hydrogens is 309 g/mol. The molecule has 1 unspecified atom stereocenters. The summed E-state index contributed by atoms with van der Waals surface area (Å²) in [5, 5.41) is 7.86. The van der Waals surface area contributed by atoms with Gasteiger partial charge in [0.15, 0.2) is 0 Å². The average Bonchev–Trinajstić information content (AvgIpc) is 2.96. The SMILES string of the molecule is CCCNC(Cc1cccc(F)c1Cl)c1snnc1CC. The van der Waals surface area contributed by atoms with E-state index in [1.54, 1.807) is 6.07 Å². The number of aromatic nitrogens is 2. The Balaban J connectivity index is 2.26. The summed E-state index contributed by atoms with van der Waals surface area (Å²) < 4.78 is 17.6. The van der Waals surface area contributed by atoms with Gasteiger partial charge < -0.3 is 5.32 Å². The van der Waals surface area contributed by atoms with E-state index in [-0.39, 0.29) is 16.9 Å². The summed E-state index contributed by atoms with van der Waals surface area (Å²) in [4.78, 5) is 1.12. The lowest BCUT2D eigenvalue weighted by Crippen LogP contribution is -2.24. The van der Waals surface area contributed by atoms with E-state index in [0.29, 0.717) is 6.42 Å². The molecular formula is C15H19ClFN3S. The van der Waals surface area contributed by atoms with Gasteiger partial charge in [-0.15, -0.1) is 5.10 Å². The Labute approximate surface area is 133 Å². The highest BCUT2D eigenvalue weighted by Gasteiger charge is 2.20. The Morgan fingerprint density at radius 3 is 2.90 bits per heavy atom. The number of hydrogen-bond donors (Lipinski definition) is 1. The van der Waals surface area contributed by atoms with Gasteiger partial charge in [0.2, 0.25) is 0 Å². The highest BCUT2D eigenvalue weighted by Crippen LogP contribution is 2.28. The first kappa shape index (κ1) is 16.3. The summed E-state index contributed by atoms with van der Waals surface area (Å²) in [7, 11) is 0. The number of rotatable bonds is 7. The predicted molar refractivity (Wildman–Crippen MR) is 85.4 cm³/mol. The van der Waals surface area contributed by atoms with Crippen LogP contribution in [0.3, 0.4) is 0 Å². The number of hydrogen-bond acceptors (Lipinski definition) is 4. The Morgan fingerprint density at radius 1 is 1.38 bits per heavy atom. The molecule has 0 radical (unpaired) electrons. The molecule has 1 aromatic carbocycles. The molecule has 6 heteroatoms. The fourth-order valence-corrected chi connectivity index (χ4v) is 3.24. The molecule has 0 amide bonds. The average molecular weight is 328 g/mol. The van der Waals surface area contributed by atoms with E-state index in [9.17, 15) is 4.39 Å². The zero-order valence-electron chi connectivity index (χ0n) is 12.2. The van der Waals surface area contributed by atoms with Gasteiger partial charge in [0.25, 0.3) is 0 Å². The zero-order valence-corrected chi connectivity index (χ0v) is 13.8. The van der Waals surface area contributed by atoms with Gasteiger partial charge in [0.1, 0.15) is 5.82 Å². The second-order valence-corrected chi connectivity index (χ2v) is 6.02. The number of benzene rings is 1. The second-order valence-electron chi connectivity index (χ2n) is 4.86. The van der Waals surface area contributed by atoms with E-state index in [1.165, 1.54) is 17.6 Å². The van der Waals surface area contributed by atoms with Crippen LogP contribution in [0.2, 0.25) is 5.02 Å². The number of nitrogens with one attached hydrogen (secondary N) is 1. The van der Waals surface area contributed by atoms with E-state index in [1.807, 2.05) is 6.07 Å². The standard InChI is InChI=1S/C15H19ClFN3S/c1-3-8-18-13(15-12(4-2)19-20-21-15)9-10-6-5-7-11(17)14(10)16/h5-7,13,18H,3-4,8-9H2,1-2H3. The molecule has 2 rings (SSSR count). The quantitative estimate of drug-likeness (QED) is 0.829. The first-order chi connectivity index (χ1) is 10.2. The first-order valence-corrected chi connectivity index (χ1v) is 8.29. The number of aryl methyl sites for hydroxylation is 1. The monoisotopic (exact) mass is 327 g/mol. The van der Waals surface area contributed by atoms with Gasteiger partial charge in [0.05, 0.1) is 15.6 Å². The molecule has 1 N–H and O–H groups in total. The van der Waals surface area contributed by atoms with E-state index < -0.39 is 0 Å². The Hall–Kier alpha value is -1.04. The van der Waals surface area contributed by atoms with Gasteiger partial charge in [-0.25, -0.2) is 4.39 Å². The van der Waals surface area contributed by atoms with Crippen LogP contribution in [-0.4, -0.2) is 16.1 Å². The predicted octanol–water partition coefficient (Wildman–Crippen LogP) is 4.18. The second kappa shape index (κ2) is 7.82. The minimum absolute atomic E-state index is 0.0687.